The maximum atomic E-state index is 9.66. The van der Waals surface area contributed by atoms with Crippen molar-refractivity contribution >= 4 is 0 Å². The Morgan fingerprint density at radius 1 is 0.737 bits per heavy atom. The summed E-state index contributed by atoms with van der Waals surface area (Å²) in [5.74, 6) is -1.52. The van der Waals surface area contributed by atoms with E-state index in [0.29, 0.717) is 6.42 Å². The Labute approximate surface area is 119 Å². The van der Waals surface area contributed by atoms with Gasteiger partial charge in [-0.3, -0.25) is 0 Å². The van der Waals surface area contributed by atoms with Crippen LogP contribution in [0.2, 0.25) is 0 Å². The molecule has 116 valence electrons. The normalized spacial score (nSPS) is 12.0. The van der Waals surface area contributed by atoms with Crippen molar-refractivity contribution < 1.29 is 10.2 Å². The fourth-order valence-corrected chi connectivity index (χ4v) is 2.31. The maximum absolute atomic E-state index is 9.66. The van der Waals surface area contributed by atoms with Gasteiger partial charge in [0.25, 0.3) is 0 Å². The molecule has 0 aliphatic rings. The summed E-state index contributed by atoms with van der Waals surface area (Å²) in [6.45, 7) is 5.27. The first kappa shape index (κ1) is 18.9. The number of hydrogen-bond donors (Lipinski definition) is 3. The molecule has 0 bridgehead atoms. The summed E-state index contributed by atoms with van der Waals surface area (Å²) in [5.41, 5.74) is 0. The molecular formula is C16H35NO2. The van der Waals surface area contributed by atoms with E-state index >= 15 is 0 Å². The lowest BCUT2D eigenvalue weighted by molar-refractivity contribution is -0.162. The van der Waals surface area contributed by atoms with Gasteiger partial charge in [0.2, 0.25) is 0 Å². The van der Waals surface area contributed by atoms with E-state index in [1.165, 1.54) is 51.4 Å². The molecular weight excluding hydrogens is 238 g/mol. The van der Waals surface area contributed by atoms with Crippen molar-refractivity contribution in [3.63, 3.8) is 0 Å². The van der Waals surface area contributed by atoms with Gasteiger partial charge in [0.1, 0.15) is 0 Å². The van der Waals surface area contributed by atoms with Crippen LogP contribution in [0.3, 0.4) is 0 Å². The van der Waals surface area contributed by atoms with E-state index in [0.717, 1.165) is 19.4 Å². The van der Waals surface area contributed by atoms with Crippen molar-refractivity contribution in [2.75, 3.05) is 13.1 Å². The lowest BCUT2D eigenvalue weighted by atomic mass is 10.0. The molecule has 0 fully saturated rings. The summed E-state index contributed by atoms with van der Waals surface area (Å²) in [6.07, 6.45) is 13.2. The molecule has 0 aromatic rings. The number of unbranched alkanes of at least 4 members (excludes halogenated alkanes) is 9. The molecule has 19 heavy (non-hydrogen) atoms. The quantitative estimate of drug-likeness (QED) is 0.335. The first-order valence-electron chi connectivity index (χ1n) is 8.28. The first-order valence-corrected chi connectivity index (χ1v) is 8.28. The van der Waals surface area contributed by atoms with Crippen LogP contribution in [0.4, 0.5) is 0 Å². The molecule has 0 heterocycles. The highest BCUT2D eigenvalue weighted by atomic mass is 16.5. The molecule has 0 unspecified atom stereocenters. The average Bonchev–Trinajstić information content (AvgIpc) is 2.38. The minimum Gasteiger partial charge on any atom is -0.365 e. The largest absolute Gasteiger partial charge is 0.365 e. The van der Waals surface area contributed by atoms with E-state index in [-0.39, 0.29) is 6.54 Å². The second kappa shape index (κ2) is 12.9. The highest BCUT2D eigenvalue weighted by Gasteiger charge is 2.20. The third-order valence-corrected chi connectivity index (χ3v) is 3.59. The van der Waals surface area contributed by atoms with E-state index in [9.17, 15) is 10.2 Å². The van der Waals surface area contributed by atoms with E-state index in [2.05, 4.69) is 12.2 Å². The summed E-state index contributed by atoms with van der Waals surface area (Å²) in [6, 6.07) is 0. The van der Waals surface area contributed by atoms with Gasteiger partial charge in [-0.15, -0.1) is 0 Å². The zero-order valence-corrected chi connectivity index (χ0v) is 13.1. The predicted octanol–water partition coefficient (Wildman–Crippen LogP) is 3.59. The number of rotatable bonds is 14. The van der Waals surface area contributed by atoms with Crippen molar-refractivity contribution in [3.8, 4) is 0 Å². The topological polar surface area (TPSA) is 52.5 Å². The van der Waals surface area contributed by atoms with Gasteiger partial charge in [0.05, 0.1) is 0 Å². The van der Waals surface area contributed by atoms with Crippen LogP contribution >= 0.6 is 0 Å². The minimum absolute atomic E-state index is 0.279. The van der Waals surface area contributed by atoms with Crippen molar-refractivity contribution in [2.24, 2.45) is 0 Å². The standard InChI is InChI=1S/C16H35NO2/c1-3-5-6-7-8-9-10-11-12-13-14-16(18,19)15-17-4-2/h17-19H,3-15H2,1-2H3. The van der Waals surface area contributed by atoms with Crippen LogP contribution in [0, 0.1) is 0 Å². The predicted molar refractivity (Wildman–Crippen MR) is 82.2 cm³/mol. The van der Waals surface area contributed by atoms with Gasteiger partial charge in [0, 0.05) is 13.0 Å². The van der Waals surface area contributed by atoms with E-state index in [1.54, 1.807) is 0 Å². The van der Waals surface area contributed by atoms with Gasteiger partial charge < -0.3 is 15.5 Å². The molecule has 0 aromatic heterocycles. The van der Waals surface area contributed by atoms with Crippen LogP contribution in [0.25, 0.3) is 0 Å². The molecule has 0 atom stereocenters. The van der Waals surface area contributed by atoms with Crippen molar-refractivity contribution in [1.82, 2.24) is 5.32 Å². The van der Waals surface area contributed by atoms with Gasteiger partial charge in [-0.05, 0) is 13.0 Å². The molecule has 0 spiro atoms. The molecule has 0 saturated heterocycles. The Kier molecular flexibility index (Phi) is 12.8. The molecule has 0 saturated carbocycles. The molecule has 0 aliphatic carbocycles. The molecule has 0 amide bonds. The molecule has 3 nitrogen and oxygen atoms in total. The van der Waals surface area contributed by atoms with Crippen molar-refractivity contribution in [1.29, 1.82) is 0 Å². The lowest BCUT2D eigenvalue weighted by Gasteiger charge is -2.21. The Balaban J connectivity index is 3.21. The van der Waals surface area contributed by atoms with Crippen molar-refractivity contribution in [3.05, 3.63) is 0 Å². The Morgan fingerprint density at radius 3 is 1.68 bits per heavy atom. The number of nitrogens with one attached hydrogen (secondary N) is 1. The Bertz CT molecular complexity index is 184. The Hall–Kier alpha value is -0.120. The van der Waals surface area contributed by atoms with Crippen LogP contribution in [-0.2, 0) is 0 Å². The molecule has 0 aromatic carbocycles. The third-order valence-electron chi connectivity index (χ3n) is 3.59. The minimum atomic E-state index is -1.52. The second-order valence-electron chi connectivity index (χ2n) is 5.69. The van der Waals surface area contributed by atoms with Gasteiger partial charge >= 0.3 is 0 Å². The highest BCUT2D eigenvalue weighted by Crippen LogP contribution is 2.14. The summed E-state index contributed by atoms with van der Waals surface area (Å²) in [7, 11) is 0. The molecule has 0 rings (SSSR count). The molecule has 0 radical (unpaired) electrons. The molecule has 3 heteroatoms. The van der Waals surface area contributed by atoms with E-state index in [1.807, 2.05) is 6.92 Å². The molecule has 3 N–H and O–H groups in total. The summed E-state index contributed by atoms with van der Waals surface area (Å²) in [4.78, 5) is 0. The van der Waals surface area contributed by atoms with Gasteiger partial charge in [-0.2, -0.15) is 0 Å². The zero-order valence-electron chi connectivity index (χ0n) is 13.1. The smallest absolute Gasteiger partial charge is 0.175 e. The van der Waals surface area contributed by atoms with E-state index in [4.69, 9.17) is 0 Å². The summed E-state index contributed by atoms with van der Waals surface area (Å²) >= 11 is 0. The van der Waals surface area contributed by atoms with Crippen LogP contribution in [0.5, 0.6) is 0 Å². The number of aliphatic hydroxyl groups is 2. The average molecular weight is 273 g/mol. The number of hydrogen-bond acceptors (Lipinski definition) is 3. The third kappa shape index (κ3) is 14.1. The van der Waals surface area contributed by atoms with Crippen LogP contribution in [0.15, 0.2) is 0 Å². The number of likely N-dealkylation sites (N-methyl/N-ethyl adjacent to an activating group) is 1. The molecule has 0 aliphatic heterocycles. The fourth-order valence-electron chi connectivity index (χ4n) is 2.31. The zero-order chi connectivity index (χ0) is 14.4. The van der Waals surface area contributed by atoms with E-state index < -0.39 is 5.79 Å². The summed E-state index contributed by atoms with van der Waals surface area (Å²) in [5, 5.41) is 22.3. The lowest BCUT2D eigenvalue weighted by Crippen LogP contribution is -2.40. The summed E-state index contributed by atoms with van der Waals surface area (Å²) < 4.78 is 0. The van der Waals surface area contributed by atoms with Gasteiger partial charge in [-0.1, -0.05) is 71.6 Å². The SMILES string of the molecule is CCCCCCCCCCCCC(O)(O)CNCC. The van der Waals surface area contributed by atoms with Crippen molar-refractivity contribution in [2.45, 2.75) is 90.3 Å². The van der Waals surface area contributed by atoms with Crippen LogP contribution in [0.1, 0.15) is 84.5 Å². The van der Waals surface area contributed by atoms with Gasteiger partial charge in [-0.25, -0.2) is 0 Å². The van der Waals surface area contributed by atoms with Crippen LogP contribution < -0.4 is 5.32 Å². The van der Waals surface area contributed by atoms with Crippen LogP contribution in [-0.4, -0.2) is 29.1 Å². The Morgan fingerprint density at radius 2 is 1.21 bits per heavy atom. The fraction of sp³-hybridized carbons (Fsp3) is 1.00. The highest BCUT2D eigenvalue weighted by molar-refractivity contribution is 4.67. The first-order chi connectivity index (χ1) is 9.12. The maximum Gasteiger partial charge on any atom is 0.175 e. The van der Waals surface area contributed by atoms with Gasteiger partial charge in [0.15, 0.2) is 5.79 Å². The monoisotopic (exact) mass is 273 g/mol. The second-order valence-corrected chi connectivity index (χ2v) is 5.69.